The molecule has 16 heavy (non-hydrogen) atoms. The molecular weight excluding hydrogens is 200 g/mol. The number of nitrogens with zero attached hydrogens (tertiary/aromatic N) is 1. The first-order valence-electron chi connectivity index (χ1n) is 6.18. The third-order valence-corrected chi connectivity index (χ3v) is 3.91. The molecule has 0 unspecified atom stereocenters. The number of hydrogen-bond donors (Lipinski definition) is 2. The molecule has 1 saturated carbocycles. The predicted octanol–water partition coefficient (Wildman–Crippen LogP) is 1.67. The van der Waals surface area contributed by atoms with Gasteiger partial charge in [0.25, 0.3) is 0 Å². The molecular formula is C13H22N2O. The minimum absolute atomic E-state index is 0.325. The molecule has 1 aliphatic rings. The summed E-state index contributed by atoms with van der Waals surface area (Å²) in [4.78, 5) is 0. The molecule has 90 valence electrons. The normalized spacial score (nSPS) is 18.4. The molecule has 0 bridgehead atoms. The van der Waals surface area contributed by atoms with Crippen molar-refractivity contribution in [3.8, 4) is 0 Å². The van der Waals surface area contributed by atoms with Gasteiger partial charge in [0.1, 0.15) is 0 Å². The Morgan fingerprint density at radius 3 is 2.81 bits per heavy atom. The minimum atomic E-state index is 0.325. The zero-order valence-corrected chi connectivity index (χ0v) is 10.1. The lowest BCUT2D eigenvalue weighted by atomic mass is 9.67. The van der Waals surface area contributed by atoms with Crippen LogP contribution in [0.25, 0.3) is 0 Å². The Labute approximate surface area is 97.5 Å². The van der Waals surface area contributed by atoms with Gasteiger partial charge in [0.05, 0.1) is 0 Å². The van der Waals surface area contributed by atoms with Crippen LogP contribution in [0.5, 0.6) is 0 Å². The molecule has 1 aromatic heterocycles. The van der Waals surface area contributed by atoms with E-state index in [-0.39, 0.29) is 0 Å². The van der Waals surface area contributed by atoms with E-state index in [4.69, 9.17) is 5.11 Å². The summed E-state index contributed by atoms with van der Waals surface area (Å²) in [6.45, 7) is 2.29. The standard InChI is InChI=1S/C13H22N2O/c1-15-8-2-4-12(15)10-14-11-13(7-9-16)5-3-6-13/h2,4,8,14,16H,3,5-7,9-11H2,1H3. The lowest BCUT2D eigenvalue weighted by Crippen LogP contribution is -2.40. The molecule has 3 heteroatoms. The van der Waals surface area contributed by atoms with Crippen LogP contribution in [0.2, 0.25) is 0 Å². The van der Waals surface area contributed by atoms with Crippen LogP contribution in [0.3, 0.4) is 0 Å². The Morgan fingerprint density at radius 2 is 2.31 bits per heavy atom. The average Bonchev–Trinajstić information content (AvgIpc) is 2.61. The SMILES string of the molecule is Cn1cccc1CNCC1(CCO)CCC1. The monoisotopic (exact) mass is 222 g/mol. The van der Waals surface area contributed by atoms with Crippen LogP contribution in [0, 0.1) is 5.41 Å². The minimum Gasteiger partial charge on any atom is -0.396 e. The largest absolute Gasteiger partial charge is 0.396 e. The number of rotatable bonds is 6. The number of hydrogen-bond acceptors (Lipinski definition) is 2. The molecule has 2 N–H and O–H groups in total. The Morgan fingerprint density at radius 1 is 1.50 bits per heavy atom. The Hall–Kier alpha value is -0.800. The number of aryl methyl sites for hydroxylation is 1. The van der Waals surface area contributed by atoms with Crippen molar-refractivity contribution < 1.29 is 5.11 Å². The zero-order valence-electron chi connectivity index (χ0n) is 10.1. The van der Waals surface area contributed by atoms with Crippen LogP contribution < -0.4 is 5.32 Å². The smallest absolute Gasteiger partial charge is 0.0436 e. The lowest BCUT2D eigenvalue weighted by Gasteiger charge is -2.42. The van der Waals surface area contributed by atoms with Crippen LogP contribution in [-0.2, 0) is 13.6 Å². The summed E-state index contributed by atoms with van der Waals surface area (Å²) in [6, 6.07) is 4.22. The summed E-state index contributed by atoms with van der Waals surface area (Å²) in [5.41, 5.74) is 1.71. The molecule has 0 amide bonds. The van der Waals surface area contributed by atoms with Gasteiger partial charge in [0, 0.05) is 38.6 Å². The van der Waals surface area contributed by atoms with Crippen molar-refractivity contribution in [2.24, 2.45) is 12.5 Å². The molecule has 1 fully saturated rings. The Balaban J connectivity index is 1.77. The quantitative estimate of drug-likeness (QED) is 0.768. The lowest BCUT2D eigenvalue weighted by molar-refractivity contribution is 0.0858. The Kier molecular flexibility index (Phi) is 3.66. The highest BCUT2D eigenvalue weighted by molar-refractivity contribution is 5.06. The summed E-state index contributed by atoms with van der Waals surface area (Å²) in [7, 11) is 2.07. The predicted molar refractivity (Wildman–Crippen MR) is 65.1 cm³/mol. The van der Waals surface area contributed by atoms with Crippen molar-refractivity contribution in [2.75, 3.05) is 13.2 Å². The first-order valence-corrected chi connectivity index (χ1v) is 6.18. The van der Waals surface area contributed by atoms with Crippen LogP contribution in [0.4, 0.5) is 0 Å². The number of aliphatic hydroxyl groups is 1. The van der Waals surface area contributed by atoms with E-state index >= 15 is 0 Å². The van der Waals surface area contributed by atoms with Gasteiger partial charge >= 0.3 is 0 Å². The summed E-state index contributed by atoms with van der Waals surface area (Å²) < 4.78 is 2.15. The maximum absolute atomic E-state index is 9.06. The summed E-state index contributed by atoms with van der Waals surface area (Å²) in [5, 5.41) is 12.6. The van der Waals surface area contributed by atoms with Gasteiger partial charge < -0.3 is 15.0 Å². The third-order valence-electron chi connectivity index (χ3n) is 3.91. The fraction of sp³-hybridized carbons (Fsp3) is 0.692. The molecule has 2 rings (SSSR count). The molecule has 0 spiro atoms. The second-order valence-electron chi connectivity index (χ2n) is 5.04. The summed E-state index contributed by atoms with van der Waals surface area (Å²) in [5.74, 6) is 0. The second kappa shape index (κ2) is 5.02. The highest BCUT2D eigenvalue weighted by Crippen LogP contribution is 2.43. The summed E-state index contributed by atoms with van der Waals surface area (Å²) >= 11 is 0. The topological polar surface area (TPSA) is 37.2 Å². The van der Waals surface area contributed by atoms with Crippen molar-refractivity contribution in [3.05, 3.63) is 24.0 Å². The fourth-order valence-electron chi connectivity index (χ4n) is 2.56. The van der Waals surface area contributed by atoms with E-state index in [0.29, 0.717) is 12.0 Å². The van der Waals surface area contributed by atoms with Gasteiger partial charge in [-0.1, -0.05) is 6.42 Å². The molecule has 0 saturated heterocycles. The molecule has 0 radical (unpaired) electrons. The van der Waals surface area contributed by atoms with Gasteiger partial charge in [-0.3, -0.25) is 0 Å². The van der Waals surface area contributed by atoms with E-state index in [1.807, 2.05) is 0 Å². The van der Waals surface area contributed by atoms with Crippen LogP contribution in [-0.4, -0.2) is 22.8 Å². The van der Waals surface area contributed by atoms with E-state index in [9.17, 15) is 0 Å². The van der Waals surface area contributed by atoms with Gasteiger partial charge in [-0.25, -0.2) is 0 Å². The van der Waals surface area contributed by atoms with Crippen molar-refractivity contribution in [1.82, 2.24) is 9.88 Å². The van der Waals surface area contributed by atoms with Gasteiger partial charge in [-0.2, -0.15) is 0 Å². The number of aliphatic hydroxyl groups excluding tert-OH is 1. The van der Waals surface area contributed by atoms with E-state index in [1.165, 1.54) is 25.0 Å². The molecule has 0 atom stereocenters. The maximum Gasteiger partial charge on any atom is 0.0436 e. The number of aromatic nitrogens is 1. The average molecular weight is 222 g/mol. The van der Waals surface area contributed by atoms with Crippen LogP contribution in [0.1, 0.15) is 31.4 Å². The highest BCUT2D eigenvalue weighted by Gasteiger charge is 2.35. The van der Waals surface area contributed by atoms with Crippen molar-refractivity contribution >= 4 is 0 Å². The molecule has 3 nitrogen and oxygen atoms in total. The summed E-state index contributed by atoms with van der Waals surface area (Å²) in [6.07, 6.45) is 6.89. The van der Waals surface area contributed by atoms with Gasteiger partial charge in [-0.15, -0.1) is 0 Å². The first-order chi connectivity index (χ1) is 7.76. The third kappa shape index (κ3) is 2.47. The van der Waals surface area contributed by atoms with Crippen molar-refractivity contribution in [1.29, 1.82) is 0 Å². The zero-order chi connectivity index (χ0) is 11.4. The number of nitrogens with one attached hydrogen (secondary N) is 1. The van der Waals surface area contributed by atoms with E-state index in [1.54, 1.807) is 0 Å². The van der Waals surface area contributed by atoms with Crippen molar-refractivity contribution in [3.63, 3.8) is 0 Å². The second-order valence-corrected chi connectivity index (χ2v) is 5.04. The fourth-order valence-corrected chi connectivity index (χ4v) is 2.56. The Bertz CT molecular complexity index is 328. The molecule has 0 aromatic carbocycles. The molecule has 1 heterocycles. The van der Waals surface area contributed by atoms with E-state index in [0.717, 1.165) is 19.5 Å². The van der Waals surface area contributed by atoms with E-state index in [2.05, 4.69) is 35.3 Å². The molecule has 0 aliphatic heterocycles. The maximum atomic E-state index is 9.06. The van der Waals surface area contributed by atoms with Gasteiger partial charge in [0.2, 0.25) is 0 Å². The van der Waals surface area contributed by atoms with Gasteiger partial charge in [-0.05, 0) is 36.8 Å². The highest BCUT2D eigenvalue weighted by atomic mass is 16.3. The first kappa shape index (κ1) is 11.7. The van der Waals surface area contributed by atoms with E-state index < -0.39 is 0 Å². The van der Waals surface area contributed by atoms with Crippen molar-refractivity contribution in [2.45, 2.75) is 32.2 Å². The van der Waals surface area contributed by atoms with Crippen LogP contribution in [0.15, 0.2) is 18.3 Å². The van der Waals surface area contributed by atoms with Crippen LogP contribution >= 0.6 is 0 Å². The molecule has 1 aliphatic carbocycles. The van der Waals surface area contributed by atoms with Gasteiger partial charge in [0.15, 0.2) is 0 Å². The molecule has 1 aromatic rings.